The number of nitrogens with zero attached hydrogens (tertiary/aromatic N) is 4. The fraction of sp³-hybridized carbons (Fsp3) is 0.846. The summed E-state index contributed by atoms with van der Waals surface area (Å²) in [6, 6.07) is 0.423. The first kappa shape index (κ1) is 24.6. The van der Waals surface area contributed by atoms with Crippen LogP contribution in [0.5, 0.6) is 0 Å². The Kier molecular flexibility index (Phi) is 8.19. The van der Waals surface area contributed by atoms with Gasteiger partial charge >= 0.3 is 0 Å². The van der Waals surface area contributed by atoms with Crippen molar-refractivity contribution in [2.24, 2.45) is 0 Å². The van der Waals surface area contributed by atoms with Crippen LogP contribution in [0.1, 0.15) is 73.6 Å². The van der Waals surface area contributed by atoms with Crippen LogP contribution in [-0.2, 0) is 24.1 Å². The summed E-state index contributed by atoms with van der Waals surface area (Å²) in [6.45, 7) is 9.59. The Hall–Kier alpha value is -1.09. The second kappa shape index (κ2) is 11.3. The van der Waals surface area contributed by atoms with E-state index in [1.54, 1.807) is 0 Å². The lowest BCUT2D eigenvalue weighted by Gasteiger charge is -2.46. The van der Waals surface area contributed by atoms with Crippen molar-refractivity contribution in [3.8, 4) is 0 Å². The monoisotopic (exact) mass is 489 g/mol. The zero-order valence-corrected chi connectivity index (χ0v) is 21.8. The molecule has 8 heteroatoms. The highest BCUT2D eigenvalue weighted by atomic mass is 32.2. The minimum atomic E-state index is 0.151. The van der Waals surface area contributed by atoms with Crippen molar-refractivity contribution in [1.29, 1.82) is 0 Å². The molecule has 1 aromatic heterocycles. The van der Waals surface area contributed by atoms with Crippen molar-refractivity contribution in [3.05, 3.63) is 17.0 Å². The van der Waals surface area contributed by atoms with Crippen LogP contribution in [0.4, 0.5) is 0 Å². The molecule has 2 saturated heterocycles. The molecule has 4 aliphatic rings. The number of aromatic nitrogens is 2. The molecule has 190 valence electrons. The van der Waals surface area contributed by atoms with E-state index >= 15 is 0 Å². The molecule has 34 heavy (non-hydrogen) atoms. The topological polar surface area (TPSA) is 62.6 Å². The molecule has 1 atom stereocenters. The first-order valence-corrected chi connectivity index (χ1v) is 14.9. The molecule has 0 aromatic carbocycles. The molecule has 0 radical (unpaired) electrons. The number of carbonyl (C=O) groups is 1. The number of nitrogens with one attached hydrogen (secondary N) is 1. The van der Waals surface area contributed by atoms with Gasteiger partial charge in [0, 0.05) is 73.6 Å². The predicted molar refractivity (Wildman–Crippen MR) is 138 cm³/mol. The molecule has 2 aliphatic carbocycles. The summed E-state index contributed by atoms with van der Waals surface area (Å²) in [5.74, 6) is 2.23. The van der Waals surface area contributed by atoms with Gasteiger partial charge < -0.3 is 15.0 Å². The number of hydrogen-bond acceptors (Lipinski definition) is 6. The Labute approximate surface area is 209 Å². The van der Waals surface area contributed by atoms with Crippen molar-refractivity contribution < 1.29 is 9.53 Å². The van der Waals surface area contributed by atoms with E-state index in [4.69, 9.17) is 9.84 Å². The molecule has 1 N–H and O–H groups in total. The molecule has 0 spiro atoms. The van der Waals surface area contributed by atoms with E-state index in [2.05, 4.69) is 21.8 Å². The number of amides is 1. The summed E-state index contributed by atoms with van der Waals surface area (Å²) in [4.78, 5) is 18.2. The highest BCUT2D eigenvalue weighted by molar-refractivity contribution is 7.99. The van der Waals surface area contributed by atoms with Gasteiger partial charge in [0.25, 0.3) is 5.91 Å². The van der Waals surface area contributed by atoms with Gasteiger partial charge in [0.15, 0.2) is 5.69 Å². The Bertz CT molecular complexity index is 823. The minimum absolute atomic E-state index is 0.151. The normalized spacial score (nSPS) is 26.1. The lowest BCUT2D eigenvalue weighted by molar-refractivity contribution is -0.0297. The van der Waals surface area contributed by atoms with E-state index in [0.717, 1.165) is 88.9 Å². The van der Waals surface area contributed by atoms with E-state index in [-0.39, 0.29) is 11.4 Å². The summed E-state index contributed by atoms with van der Waals surface area (Å²) >= 11 is 1.94. The summed E-state index contributed by atoms with van der Waals surface area (Å²) in [5, 5.41) is 8.86. The number of thioether (sulfide) groups is 1. The third kappa shape index (κ3) is 5.20. The summed E-state index contributed by atoms with van der Waals surface area (Å²) in [5.41, 5.74) is 3.51. The zero-order valence-electron chi connectivity index (χ0n) is 21.0. The van der Waals surface area contributed by atoms with Crippen LogP contribution in [0.25, 0.3) is 0 Å². The fourth-order valence-corrected chi connectivity index (χ4v) is 7.48. The highest BCUT2D eigenvalue weighted by Gasteiger charge is 2.39. The van der Waals surface area contributed by atoms with Gasteiger partial charge in [0.05, 0.1) is 13.2 Å². The second-order valence-corrected chi connectivity index (χ2v) is 11.8. The highest BCUT2D eigenvalue weighted by Crippen LogP contribution is 2.34. The summed E-state index contributed by atoms with van der Waals surface area (Å²) < 4.78 is 7.79. The van der Waals surface area contributed by atoms with Gasteiger partial charge in [-0.1, -0.05) is 25.7 Å². The molecule has 2 aliphatic heterocycles. The van der Waals surface area contributed by atoms with E-state index in [9.17, 15) is 4.79 Å². The largest absolute Gasteiger partial charge is 0.379 e. The lowest BCUT2D eigenvalue weighted by Crippen LogP contribution is -2.59. The molecule has 1 unspecified atom stereocenters. The van der Waals surface area contributed by atoms with Crippen LogP contribution in [0.3, 0.4) is 0 Å². The zero-order chi connectivity index (χ0) is 23.4. The van der Waals surface area contributed by atoms with Crippen LogP contribution in [-0.4, -0.2) is 94.5 Å². The number of ether oxygens (including phenoxy) is 1. The maximum absolute atomic E-state index is 13.4. The first-order valence-electron chi connectivity index (χ1n) is 13.7. The van der Waals surface area contributed by atoms with Crippen molar-refractivity contribution in [3.63, 3.8) is 0 Å². The van der Waals surface area contributed by atoms with Crippen LogP contribution in [0, 0.1) is 0 Å². The van der Waals surface area contributed by atoms with Crippen molar-refractivity contribution >= 4 is 17.7 Å². The first-order chi connectivity index (χ1) is 16.7. The number of rotatable bonds is 6. The molecule has 5 rings (SSSR count). The van der Waals surface area contributed by atoms with Gasteiger partial charge in [0.1, 0.15) is 0 Å². The van der Waals surface area contributed by atoms with Crippen molar-refractivity contribution in [2.75, 3.05) is 57.4 Å². The predicted octanol–water partition coefficient (Wildman–Crippen LogP) is 2.96. The molecule has 7 nitrogen and oxygen atoms in total. The van der Waals surface area contributed by atoms with Gasteiger partial charge in [0.2, 0.25) is 0 Å². The SMILES string of the molecule is CCn1nc(C(=O)N2CCSCC2)c2c1CCC(NCC1(N3CCOCC3)CCCCCC1)C2. The molecule has 1 saturated carbocycles. The van der Waals surface area contributed by atoms with E-state index in [1.807, 2.05) is 16.7 Å². The quantitative estimate of drug-likeness (QED) is 0.620. The van der Waals surface area contributed by atoms with Gasteiger partial charge in [-0.2, -0.15) is 16.9 Å². The third-order valence-corrected chi connectivity index (χ3v) is 9.53. The lowest BCUT2D eigenvalue weighted by atomic mass is 9.85. The van der Waals surface area contributed by atoms with Crippen LogP contribution >= 0.6 is 11.8 Å². The molecular weight excluding hydrogens is 446 g/mol. The minimum Gasteiger partial charge on any atom is -0.379 e. The standard InChI is InChI=1S/C26H43N5O2S/c1-2-31-23-8-7-21(19-22(23)24(28-31)25(32)29-13-17-34-18-14-29)27-20-26(9-5-3-4-6-10-26)30-11-15-33-16-12-30/h21,27H,2-20H2,1H3. The van der Waals surface area contributed by atoms with Crippen molar-refractivity contribution in [2.45, 2.75) is 82.8 Å². The smallest absolute Gasteiger partial charge is 0.274 e. The Morgan fingerprint density at radius 1 is 1.12 bits per heavy atom. The fourth-order valence-electron chi connectivity index (χ4n) is 6.58. The number of carbonyl (C=O) groups excluding carboxylic acids is 1. The second-order valence-electron chi connectivity index (χ2n) is 10.6. The molecule has 3 heterocycles. The Balaban J connectivity index is 1.30. The van der Waals surface area contributed by atoms with Gasteiger partial charge in [-0.05, 0) is 39.0 Å². The van der Waals surface area contributed by atoms with E-state index < -0.39 is 0 Å². The van der Waals surface area contributed by atoms with Crippen LogP contribution in [0.2, 0.25) is 0 Å². The maximum Gasteiger partial charge on any atom is 0.274 e. The molecular formula is C26H43N5O2S. The van der Waals surface area contributed by atoms with Crippen molar-refractivity contribution in [1.82, 2.24) is 24.9 Å². The van der Waals surface area contributed by atoms with Crippen LogP contribution in [0.15, 0.2) is 0 Å². The number of fused-ring (bicyclic) bond motifs is 1. The van der Waals surface area contributed by atoms with Crippen LogP contribution < -0.4 is 5.32 Å². The van der Waals surface area contributed by atoms with Gasteiger partial charge in [-0.15, -0.1) is 0 Å². The number of morpholine rings is 1. The Morgan fingerprint density at radius 3 is 2.56 bits per heavy atom. The van der Waals surface area contributed by atoms with E-state index in [1.165, 1.54) is 49.8 Å². The van der Waals surface area contributed by atoms with Gasteiger partial charge in [-0.25, -0.2) is 0 Å². The number of hydrogen-bond donors (Lipinski definition) is 1. The summed E-state index contributed by atoms with van der Waals surface area (Å²) in [6.07, 6.45) is 11.1. The summed E-state index contributed by atoms with van der Waals surface area (Å²) in [7, 11) is 0. The average molecular weight is 490 g/mol. The maximum atomic E-state index is 13.4. The number of aryl methyl sites for hydroxylation is 1. The average Bonchev–Trinajstić information content (AvgIpc) is 3.09. The molecule has 0 bridgehead atoms. The Morgan fingerprint density at radius 2 is 1.85 bits per heavy atom. The molecule has 3 fully saturated rings. The molecule has 1 amide bonds. The van der Waals surface area contributed by atoms with Gasteiger partial charge in [-0.3, -0.25) is 14.4 Å². The molecule has 1 aromatic rings. The third-order valence-electron chi connectivity index (χ3n) is 8.58. The van der Waals surface area contributed by atoms with E-state index in [0.29, 0.717) is 6.04 Å².